The fourth-order valence-corrected chi connectivity index (χ4v) is 6.27. The maximum atomic E-state index is 13.2. The van der Waals surface area contributed by atoms with Crippen LogP contribution in [0.4, 0.5) is 5.00 Å². The average Bonchev–Trinajstić information content (AvgIpc) is 3.62. The van der Waals surface area contributed by atoms with Gasteiger partial charge in [-0.1, -0.05) is 12.1 Å². The monoisotopic (exact) mass is 603 g/mol. The summed E-state index contributed by atoms with van der Waals surface area (Å²) in [5.41, 5.74) is 4.11. The number of nitrogens with zero attached hydrogens (tertiary/aromatic N) is 2. The minimum Gasteiger partial charge on any atom is -0.493 e. The van der Waals surface area contributed by atoms with Crippen molar-refractivity contribution in [2.75, 3.05) is 7.11 Å². The molecule has 0 fully saturated rings. The van der Waals surface area contributed by atoms with E-state index in [-0.39, 0.29) is 5.91 Å². The number of hydrogen-bond donors (Lipinski definition) is 1. The Morgan fingerprint density at radius 2 is 2.05 bits per heavy atom. The summed E-state index contributed by atoms with van der Waals surface area (Å²) in [4.78, 5) is 19.3. The first-order valence-corrected chi connectivity index (χ1v) is 14.1. The Balaban J connectivity index is 1.36. The van der Waals surface area contributed by atoms with Gasteiger partial charge in [0.05, 0.1) is 41.6 Å². The van der Waals surface area contributed by atoms with Gasteiger partial charge in [0.2, 0.25) is 0 Å². The summed E-state index contributed by atoms with van der Waals surface area (Å²) in [6, 6.07) is 16.8. The van der Waals surface area contributed by atoms with Crippen LogP contribution >= 0.6 is 27.3 Å². The molecular weight excluding hydrogens is 578 g/mol. The zero-order chi connectivity index (χ0) is 27.2. The Morgan fingerprint density at radius 3 is 2.79 bits per heavy atom. The molecule has 7 nitrogen and oxygen atoms in total. The second kappa shape index (κ2) is 12.3. The van der Waals surface area contributed by atoms with E-state index in [0.717, 1.165) is 46.8 Å². The average molecular weight is 605 g/mol. The molecule has 0 saturated carbocycles. The van der Waals surface area contributed by atoms with E-state index in [9.17, 15) is 4.79 Å². The highest BCUT2D eigenvalue weighted by Gasteiger charge is 2.25. The number of amides is 1. The lowest BCUT2D eigenvalue weighted by Gasteiger charge is -2.13. The number of methoxy groups -OCH3 is 1. The molecule has 1 aliphatic rings. The summed E-state index contributed by atoms with van der Waals surface area (Å²) in [6.07, 6.45) is 7.39. The van der Waals surface area contributed by atoms with E-state index < -0.39 is 0 Å². The fraction of sp³-hybridized carbons (Fsp3) is 0.233. The van der Waals surface area contributed by atoms with Gasteiger partial charge < -0.3 is 19.2 Å². The number of benzene rings is 2. The van der Waals surface area contributed by atoms with E-state index >= 15 is 0 Å². The highest BCUT2D eigenvalue weighted by atomic mass is 79.9. The standard InChI is InChI=1S/C30H26BrN3O4S/c1-36-25-14-21(13-24(31)28(25)38-18-20-10-8-19(15-32)9-11-20)16-34-30-27(23-6-2-3-7-26(23)39-30)29(35)33-17-22-5-4-12-37-22/h4-5,8-14,16H,2-3,6-7,17-18H2,1H3,(H,33,35). The molecule has 4 aromatic rings. The van der Waals surface area contributed by atoms with Crippen LogP contribution in [0.25, 0.3) is 0 Å². The Hall–Kier alpha value is -3.87. The van der Waals surface area contributed by atoms with E-state index in [2.05, 4.69) is 27.3 Å². The number of fused-ring (bicyclic) bond motifs is 1. The molecule has 2 heterocycles. The molecule has 39 heavy (non-hydrogen) atoms. The van der Waals surface area contributed by atoms with Crippen LogP contribution in [0.3, 0.4) is 0 Å². The molecule has 0 atom stereocenters. The van der Waals surface area contributed by atoms with Gasteiger partial charge in [-0.3, -0.25) is 4.79 Å². The number of thiophene rings is 1. The Bertz CT molecular complexity index is 1540. The number of rotatable bonds is 9. The maximum absolute atomic E-state index is 13.2. The van der Waals surface area contributed by atoms with Crippen molar-refractivity contribution in [2.24, 2.45) is 4.99 Å². The Morgan fingerprint density at radius 1 is 1.23 bits per heavy atom. The minimum atomic E-state index is -0.136. The Labute approximate surface area is 239 Å². The first-order valence-electron chi connectivity index (χ1n) is 12.5. The van der Waals surface area contributed by atoms with Crippen LogP contribution in [-0.4, -0.2) is 19.2 Å². The minimum absolute atomic E-state index is 0.136. The summed E-state index contributed by atoms with van der Waals surface area (Å²) in [5.74, 6) is 1.70. The SMILES string of the molecule is COc1cc(C=Nc2sc3c(c2C(=O)NCc2ccco2)CCCC3)cc(Br)c1OCc1ccc(C#N)cc1. The molecule has 0 radical (unpaired) electrons. The fourth-order valence-electron chi connectivity index (χ4n) is 4.46. The van der Waals surface area contributed by atoms with E-state index in [1.807, 2.05) is 30.3 Å². The lowest BCUT2D eigenvalue weighted by Crippen LogP contribution is -2.23. The van der Waals surface area contributed by atoms with Crippen molar-refractivity contribution in [3.05, 3.63) is 97.7 Å². The number of aliphatic imine (C=N–C) groups is 1. The molecule has 198 valence electrons. The lowest BCUT2D eigenvalue weighted by atomic mass is 9.95. The quantitative estimate of drug-likeness (QED) is 0.205. The summed E-state index contributed by atoms with van der Waals surface area (Å²) in [5, 5.41) is 12.7. The molecule has 0 saturated heterocycles. The number of nitriles is 1. The summed E-state index contributed by atoms with van der Waals surface area (Å²) >= 11 is 5.19. The molecule has 0 bridgehead atoms. The molecule has 0 aliphatic heterocycles. The number of halogens is 1. The predicted molar refractivity (Wildman–Crippen MR) is 154 cm³/mol. The van der Waals surface area contributed by atoms with E-state index in [1.54, 1.807) is 49.1 Å². The number of aryl methyl sites for hydroxylation is 1. The molecule has 2 aromatic carbocycles. The summed E-state index contributed by atoms with van der Waals surface area (Å²) in [6.45, 7) is 0.652. The molecule has 1 amide bonds. The first kappa shape index (κ1) is 26.7. The molecule has 0 spiro atoms. The van der Waals surface area contributed by atoms with Gasteiger partial charge in [-0.2, -0.15) is 5.26 Å². The van der Waals surface area contributed by atoms with Gasteiger partial charge >= 0.3 is 0 Å². The van der Waals surface area contributed by atoms with Crippen molar-refractivity contribution in [1.82, 2.24) is 5.32 Å². The maximum Gasteiger partial charge on any atom is 0.255 e. The zero-order valence-electron chi connectivity index (χ0n) is 21.3. The van der Waals surface area contributed by atoms with E-state index in [1.165, 1.54) is 4.88 Å². The molecule has 1 N–H and O–H groups in total. The number of carbonyl (C=O) groups excluding carboxylic acids is 1. The molecule has 5 rings (SSSR count). The number of hydrogen-bond acceptors (Lipinski definition) is 7. The van der Waals surface area contributed by atoms with E-state index in [0.29, 0.717) is 46.5 Å². The second-order valence-electron chi connectivity index (χ2n) is 9.04. The second-order valence-corrected chi connectivity index (χ2v) is 11.0. The van der Waals surface area contributed by atoms with Crippen LogP contribution in [0.2, 0.25) is 0 Å². The summed E-state index contributed by atoms with van der Waals surface area (Å²) < 4.78 is 17.7. The number of ether oxygens (including phenoxy) is 2. The van der Waals surface area contributed by atoms with Crippen LogP contribution < -0.4 is 14.8 Å². The number of carbonyl (C=O) groups is 1. The van der Waals surface area contributed by atoms with Crippen molar-refractivity contribution < 1.29 is 18.7 Å². The van der Waals surface area contributed by atoms with Crippen molar-refractivity contribution in [2.45, 2.75) is 38.8 Å². The van der Waals surface area contributed by atoms with Crippen molar-refractivity contribution >= 4 is 44.4 Å². The van der Waals surface area contributed by atoms with Gasteiger partial charge in [0.1, 0.15) is 17.4 Å². The van der Waals surface area contributed by atoms with Crippen molar-refractivity contribution in [3.63, 3.8) is 0 Å². The highest BCUT2D eigenvalue weighted by molar-refractivity contribution is 9.10. The van der Waals surface area contributed by atoms with Crippen molar-refractivity contribution in [3.8, 4) is 17.6 Å². The number of furan rings is 1. The number of nitrogens with one attached hydrogen (secondary N) is 1. The largest absolute Gasteiger partial charge is 0.493 e. The molecular formula is C30H26BrN3O4S. The molecule has 0 unspecified atom stereocenters. The molecule has 2 aromatic heterocycles. The third kappa shape index (κ3) is 6.24. The third-order valence-corrected chi connectivity index (χ3v) is 8.22. The third-order valence-electron chi connectivity index (χ3n) is 6.43. The van der Waals surface area contributed by atoms with Crippen LogP contribution in [-0.2, 0) is 26.0 Å². The normalized spacial score (nSPS) is 12.6. The van der Waals surface area contributed by atoms with Gasteiger partial charge in [-0.05, 0) is 94.7 Å². The van der Waals surface area contributed by atoms with Crippen LogP contribution in [0.5, 0.6) is 11.5 Å². The molecule has 9 heteroatoms. The highest BCUT2D eigenvalue weighted by Crippen LogP contribution is 2.41. The first-order chi connectivity index (χ1) is 19.1. The Kier molecular flexibility index (Phi) is 8.45. The van der Waals surface area contributed by atoms with Crippen LogP contribution in [0, 0.1) is 11.3 Å². The van der Waals surface area contributed by atoms with Gasteiger partial charge in [0.15, 0.2) is 11.5 Å². The van der Waals surface area contributed by atoms with Gasteiger partial charge in [-0.25, -0.2) is 4.99 Å². The smallest absolute Gasteiger partial charge is 0.255 e. The predicted octanol–water partition coefficient (Wildman–Crippen LogP) is 7.12. The van der Waals surface area contributed by atoms with Crippen LogP contribution in [0.15, 0.2) is 68.7 Å². The topological polar surface area (TPSA) is 96.8 Å². The summed E-state index contributed by atoms with van der Waals surface area (Å²) in [7, 11) is 1.59. The molecule has 1 aliphatic carbocycles. The lowest BCUT2D eigenvalue weighted by molar-refractivity contribution is 0.0948. The van der Waals surface area contributed by atoms with Gasteiger partial charge in [0, 0.05) is 11.1 Å². The van der Waals surface area contributed by atoms with Gasteiger partial charge in [0.25, 0.3) is 5.91 Å². The van der Waals surface area contributed by atoms with Crippen LogP contribution in [0.1, 0.15) is 56.1 Å². The van der Waals surface area contributed by atoms with E-state index in [4.69, 9.17) is 24.1 Å². The zero-order valence-corrected chi connectivity index (χ0v) is 23.7. The van der Waals surface area contributed by atoms with Crippen molar-refractivity contribution in [1.29, 1.82) is 5.26 Å². The van der Waals surface area contributed by atoms with Gasteiger partial charge in [-0.15, -0.1) is 11.3 Å².